The van der Waals surface area contributed by atoms with Crippen LogP contribution in [0.2, 0.25) is 0 Å². The molecule has 1 amide bonds. The Kier molecular flexibility index (Phi) is 4.65. The largest absolute Gasteiger partial charge is 0.480 e. The van der Waals surface area contributed by atoms with Gasteiger partial charge in [0, 0.05) is 12.2 Å². The molecule has 2 heterocycles. The Labute approximate surface area is 124 Å². The van der Waals surface area contributed by atoms with E-state index < -0.39 is 12.0 Å². The Balaban J connectivity index is 2.24. The first-order chi connectivity index (χ1) is 9.99. The standard InChI is InChI=1S/C15H23N3O3/c1-4-11(5-2)18-10(3)9-12(16-18)14(19)17-8-6-7-13(17)15(20)21/h9,11,13H,4-8H2,1-3H3,(H,20,21). The molecule has 1 N–H and O–H groups in total. The number of hydrogen-bond donors (Lipinski definition) is 1. The molecule has 1 saturated heterocycles. The smallest absolute Gasteiger partial charge is 0.326 e. The highest BCUT2D eigenvalue weighted by Crippen LogP contribution is 2.22. The quantitative estimate of drug-likeness (QED) is 0.903. The van der Waals surface area contributed by atoms with Crippen molar-refractivity contribution in [2.45, 2.75) is 58.5 Å². The lowest BCUT2D eigenvalue weighted by atomic mass is 10.2. The third-order valence-corrected chi connectivity index (χ3v) is 4.23. The van der Waals surface area contributed by atoms with Gasteiger partial charge in [-0.15, -0.1) is 0 Å². The first-order valence-corrected chi connectivity index (χ1v) is 7.59. The van der Waals surface area contributed by atoms with Gasteiger partial charge in [-0.2, -0.15) is 5.10 Å². The molecular formula is C15H23N3O3. The summed E-state index contributed by atoms with van der Waals surface area (Å²) in [6.07, 6.45) is 3.16. The summed E-state index contributed by atoms with van der Waals surface area (Å²) < 4.78 is 1.89. The van der Waals surface area contributed by atoms with E-state index in [4.69, 9.17) is 0 Å². The van der Waals surface area contributed by atoms with Gasteiger partial charge in [0.25, 0.3) is 5.91 Å². The van der Waals surface area contributed by atoms with Crippen LogP contribution in [-0.2, 0) is 4.79 Å². The van der Waals surface area contributed by atoms with Crippen LogP contribution in [0.3, 0.4) is 0 Å². The van der Waals surface area contributed by atoms with Crippen molar-refractivity contribution >= 4 is 11.9 Å². The van der Waals surface area contributed by atoms with E-state index in [2.05, 4.69) is 18.9 Å². The molecule has 0 bridgehead atoms. The van der Waals surface area contributed by atoms with Gasteiger partial charge in [-0.1, -0.05) is 13.8 Å². The van der Waals surface area contributed by atoms with Crippen molar-refractivity contribution in [1.29, 1.82) is 0 Å². The van der Waals surface area contributed by atoms with Crippen LogP contribution in [0.25, 0.3) is 0 Å². The molecule has 1 aliphatic rings. The number of carboxylic acid groups (broad SMARTS) is 1. The molecule has 6 heteroatoms. The molecule has 21 heavy (non-hydrogen) atoms. The van der Waals surface area contributed by atoms with Gasteiger partial charge in [-0.3, -0.25) is 9.48 Å². The number of aryl methyl sites for hydroxylation is 1. The van der Waals surface area contributed by atoms with Crippen LogP contribution in [-0.4, -0.2) is 44.3 Å². The summed E-state index contributed by atoms with van der Waals surface area (Å²) in [5.74, 6) is -1.20. The Morgan fingerprint density at radius 3 is 2.67 bits per heavy atom. The number of carboxylic acids is 1. The number of aromatic nitrogens is 2. The Morgan fingerprint density at radius 2 is 2.10 bits per heavy atom. The van der Waals surface area contributed by atoms with Gasteiger partial charge < -0.3 is 10.0 Å². The van der Waals surface area contributed by atoms with Gasteiger partial charge >= 0.3 is 5.97 Å². The number of carbonyl (C=O) groups excluding carboxylic acids is 1. The number of carbonyl (C=O) groups is 2. The lowest BCUT2D eigenvalue weighted by molar-refractivity contribution is -0.141. The molecule has 1 aromatic rings. The molecule has 2 rings (SSSR count). The number of rotatable bonds is 5. The molecule has 1 aromatic heterocycles. The Morgan fingerprint density at radius 1 is 1.43 bits per heavy atom. The number of likely N-dealkylation sites (tertiary alicyclic amines) is 1. The summed E-state index contributed by atoms with van der Waals surface area (Å²) in [5.41, 5.74) is 1.30. The van der Waals surface area contributed by atoms with Crippen molar-refractivity contribution in [3.63, 3.8) is 0 Å². The van der Waals surface area contributed by atoms with Crippen LogP contribution >= 0.6 is 0 Å². The van der Waals surface area contributed by atoms with Gasteiger partial charge in [0.05, 0.1) is 6.04 Å². The predicted molar refractivity (Wildman–Crippen MR) is 78.3 cm³/mol. The fourth-order valence-corrected chi connectivity index (χ4v) is 3.01. The summed E-state index contributed by atoms with van der Waals surface area (Å²) in [4.78, 5) is 25.1. The molecule has 0 radical (unpaired) electrons. The zero-order valence-corrected chi connectivity index (χ0v) is 12.9. The zero-order chi connectivity index (χ0) is 15.6. The minimum absolute atomic E-state index is 0.271. The Bertz CT molecular complexity index is 534. The van der Waals surface area contributed by atoms with Crippen LogP contribution < -0.4 is 0 Å². The van der Waals surface area contributed by atoms with Gasteiger partial charge in [-0.05, 0) is 38.7 Å². The molecule has 0 saturated carbocycles. The molecule has 1 aliphatic heterocycles. The van der Waals surface area contributed by atoms with Gasteiger partial charge in [-0.25, -0.2) is 4.79 Å². The highest BCUT2D eigenvalue weighted by molar-refractivity contribution is 5.95. The lowest BCUT2D eigenvalue weighted by Crippen LogP contribution is -2.40. The number of amides is 1. The second kappa shape index (κ2) is 6.28. The monoisotopic (exact) mass is 293 g/mol. The fraction of sp³-hybridized carbons (Fsp3) is 0.667. The van der Waals surface area contributed by atoms with Crippen LogP contribution in [0.15, 0.2) is 6.07 Å². The minimum Gasteiger partial charge on any atom is -0.480 e. The maximum Gasteiger partial charge on any atom is 0.326 e. The summed E-state index contributed by atoms with van der Waals surface area (Å²) in [7, 11) is 0. The van der Waals surface area contributed by atoms with Gasteiger partial charge in [0.15, 0.2) is 5.69 Å². The van der Waals surface area contributed by atoms with Crippen LogP contribution in [0.1, 0.15) is 61.8 Å². The van der Waals surface area contributed by atoms with E-state index in [1.807, 2.05) is 11.6 Å². The molecule has 116 valence electrons. The zero-order valence-electron chi connectivity index (χ0n) is 12.9. The highest BCUT2D eigenvalue weighted by atomic mass is 16.4. The second-order valence-electron chi connectivity index (χ2n) is 5.58. The third kappa shape index (κ3) is 2.94. The van der Waals surface area contributed by atoms with E-state index in [1.165, 1.54) is 4.90 Å². The summed E-state index contributed by atoms with van der Waals surface area (Å²) in [5, 5.41) is 13.6. The first kappa shape index (κ1) is 15.5. The second-order valence-corrected chi connectivity index (χ2v) is 5.58. The van der Waals surface area contributed by atoms with E-state index >= 15 is 0 Å². The lowest BCUT2D eigenvalue weighted by Gasteiger charge is -2.20. The maximum atomic E-state index is 12.5. The van der Waals surface area contributed by atoms with Crippen LogP contribution in [0, 0.1) is 6.92 Å². The predicted octanol–water partition coefficient (Wildman–Crippen LogP) is 2.24. The van der Waals surface area contributed by atoms with Gasteiger partial charge in [0.1, 0.15) is 6.04 Å². The molecule has 0 aliphatic carbocycles. The molecule has 0 aromatic carbocycles. The Hall–Kier alpha value is -1.85. The topological polar surface area (TPSA) is 75.4 Å². The molecular weight excluding hydrogens is 270 g/mol. The van der Waals surface area contributed by atoms with Crippen LogP contribution in [0.4, 0.5) is 0 Å². The van der Waals surface area contributed by atoms with E-state index in [-0.39, 0.29) is 11.9 Å². The fourth-order valence-electron chi connectivity index (χ4n) is 3.01. The molecule has 6 nitrogen and oxygen atoms in total. The number of hydrogen-bond acceptors (Lipinski definition) is 3. The average molecular weight is 293 g/mol. The summed E-state index contributed by atoms with van der Waals surface area (Å²) in [6, 6.07) is 1.33. The van der Waals surface area contributed by atoms with Crippen LogP contribution in [0.5, 0.6) is 0 Å². The maximum absolute atomic E-state index is 12.5. The summed E-state index contributed by atoms with van der Waals surface area (Å²) >= 11 is 0. The summed E-state index contributed by atoms with van der Waals surface area (Å²) in [6.45, 7) is 6.61. The van der Waals surface area contributed by atoms with Crippen molar-refractivity contribution in [3.8, 4) is 0 Å². The SMILES string of the molecule is CCC(CC)n1nc(C(=O)N2CCCC2C(=O)O)cc1C. The first-order valence-electron chi connectivity index (χ1n) is 7.59. The van der Waals surface area contributed by atoms with Crippen molar-refractivity contribution in [1.82, 2.24) is 14.7 Å². The van der Waals surface area contributed by atoms with E-state index in [9.17, 15) is 14.7 Å². The number of aliphatic carboxylic acids is 1. The molecule has 0 spiro atoms. The molecule has 1 fully saturated rings. The van der Waals surface area contributed by atoms with Gasteiger partial charge in [0.2, 0.25) is 0 Å². The van der Waals surface area contributed by atoms with Crippen molar-refractivity contribution < 1.29 is 14.7 Å². The van der Waals surface area contributed by atoms with Crippen molar-refractivity contribution in [2.75, 3.05) is 6.54 Å². The third-order valence-electron chi connectivity index (χ3n) is 4.23. The minimum atomic E-state index is -0.933. The average Bonchev–Trinajstić information content (AvgIpc) is 3.07. The molecule has 1 atom stereocenters. The number of nitrogens with zero attached hydrogens (tertiary/aromatic N) is 3. The van der Waals surface area contributed by atoms with Crippen molar-refractivity contribution in [3.05, 3.63) is 17.5 Å². The molecule has 1 unspecified atom stereocenters. The van der Waals surface area contributed by atoms with E-state index in [0.717, 1.165) is 25.0 Å². The van der Waals surface area contributed by atoms with Crippen molar-refractivity contribution in [2.24, 2.45) is 0 Å². The van der Waals surface area contributed by atoms with E-state index in [1.54, 1.807) is 6.07 Å². The highest BCUT2D eigenvalue weighted by Gasteiger charge is 2.35. The van der Waals surface area contributed by atoms with E-state index in [0.29, 0.717) is 18.7 Å². The normalized spacial score (nSPS) is 18.5.